The molecule has 0 radical (unpaired) electrons. The van der Waals surface area contributed by atoms with Crippen LogP contribution in [-0.4, -0.2) is 32.0 Å². The van der Waals surface area contributed by atoms with E-state index in [-0.39, 0.29) is 5.91 Å². The van der Waals surface area contributed by atoms with Crippen LogP contribution in [0.5, 0.6) is 0 Å². The molecule has 1 aromatic carbocycles. The Balaban J connectivity index is 1.63. The highest BCUT2D eigenvalue weighted by molar-refractivity contribution is 7.12. The lowest BCUT2D eigenvalue weighted by Crippen LogP contribution is -2.38. The number of benzene rings is 1. The Labute approximate surface area is 147 Å². The van der Waals surface area contributed by atoms with Gasteiger partial charge in [-0.25, -0.2) is 0 Å². The van der Waals surface area contributed by atoms with Gasteiger partial charge < -0.3 is 16.0 Å². The van der Waals surface area contributed by atoms with E-state index in [2.05, 4.69) is 40.0 Å². The van der Waals surface area contributed by atoms with Crippen LogP contribution < -0.4 is 16.0 Å². The average Bonchev–Trinajstić information content (AvgIpc) is 3.13. The minimum absolute atomic E-state index is 0.00735. The summed E-state index contributed by atoms with van der Waals surface area (Å²) in [5, 5.41) is 11.4. The van der Waals surface area contributed by atoms with Crippen LogP contribution in [0.1, 0.15) is 27.2 Å². The molecule has 0 aliphatic carbocycles. The molecule has 0 spiro atoms. The summed E-state index contributed by atoms with van der Waals surface area (Å²) in [4.78, 5) is 16.8. The zero-order valence-electron chi connectivity index (χ0n) is 14.1. The summed E-state index contributed by atoms with van der Waals surface area (Å²) in [6.45, 7) is 4.22. The molecule has 1 aromatic heterocycles. The number of guanidine groups is 1. The lowest BCUT2D eigenvalue weighted by molar-refractivity contribution is 0.0957. The third-order valence-corrected chi connectivity index (χ3v) is 4.48. The van der Waals surface area contributed by atoms with Crippen LogP contribution in [0.15, 0.2) is 46.8 Å². The standard InChI is InChI=1S/C18H24N4OS/c1-14-7-3-4-8-15(14)13-22-18(19-2)21-11-6-10-20-17(23)16-9-5-12-24-16/h3-5,7-9,12H,6,10-11,13H2,1-2H3,(H,20,23)(H2,19,21,22). The second-order valence-electron chi connectivity index (χ2n) is 5.37. The number of rotatable bonds is 7. The van der Waals surface area contributed by atoms with Crippen LogP contribution in [0.25, 0.3) is 0 Å². The van der Waals surface area contributed by atoms with Crippen LogP contribution in [-0.2, 0) is 6.54 Å². The van der Waals surface area contributed by atoms with Crippen molar-refractivity contribution in [2.24, 2.45) is 4.99 Å². The van der Waals surface area contributed by atoms with Gasteiger partial charge in [-0.1, -0.05) is 30.3 Å². The van der Waals surface area contributed by atoms with E-state index in [1.807, 2.05) is 29.6 Å². The zero-order chi connectivity index (χ0) is 17.2. The van der Waals surface area contributed by atoms with Gasteiger partial charge in [0.25, 0.3) is 5.91 Å². The maximum absolute atomic E-state index is 11.8. The Morgan fingerprint density at radius 2 is 1.88 bits per heavy atom. The Kier molecular flexibility index (Phi) is 7.29. The van der Waals surface area contributed by atoms with Crippen molar-refractivity contribution in [2.45, 2.75) is 19.9 Å². The van der Waals surface area contributed by atoms with Crippen molar-refractivity contribution in [1.82, 2.24) is 16.0 Å². The van der Waals surface area contributed by atoms with Gasteiger partial charge in [-0.15, -0.1) is 11.3 Å². The van der Waals surface area contributed by atoms with Crippen molar-refractivity contribution in [1.29, 1.82) is 0 Å². The maximum atomic E-state index is 11.8. The number of hydrogen-bond acceptors (Lipinski definition) is 3. The summed E-state index contributed by atoms with van der Waals surface area (Å²) in [6, 6.07) is 12.0. The molecule has 0 fully saturated rings. The predicted octanol–water partition coefficient (Wildman–Crippen LogP) is 2.54. The number of aryl methyl sites for hydroxylation is 1. The molecule has 0 saturated carbocycles. The van der Waals surface area contributed by atoms with Crippen molar-refractivity contribution in [3.8, 4) is 0 Å². The van der Waals surface area contributed by atoms with Crippen LogP contribution in [0.4, 0.5) is 0 Å². The van der Waals surface area contributed by atoms with Gasteiger partial charge in [-0.05, 0) is 35.9 Å². The summed E-state index contributed by atoms with van der Waals surface area (Å²) in [5.41, 5.74) is 2.51. The molecule has 0 bridgehead atoms. The third kappa shape index (κ3) is 5.70. The monoisotopic (exact) mass is 344 g/mol. The van der Waals surface area contributed by atoms with E-state index in [0.717, 1.165) is 30.3 Å². The van der Waals surface area contributed by atoms with Gasteiger partial charge in [0.15, 0.2) is 5.96 Å². The predicted molar refractivity (Wildman–Crippen MR) is 101 cm³/mol. The number of amides is 1. The first kappa shape index (κ1) is 18.0. The largest absolute Gasteiger partial charge is 0.356 e. The summed E-state index contributed by atoms with van der Waals surface area (Å²) in [6.07, 6.45) is 0.835. The molecule has 1 heterocycles. The molecule has 2 rings (SSSR count). The van der Waals surface area contributed by atoms with Gasteiger partial charge in [0.05, 0.1) is 4.88 Å². The number of carbonyl (C=O) groups excluding carboxylic acids is 1. The van der Waals surface area contributed by atoms with Crippen molar-refractivity contribution < 1.29 is 4.79 Å². The van der Waals surface area contributed by atoms with Crippen LogP contribution in [0.3, 0.4) is 0 Å². The molecule has 6 heteroatoms. The van der Waals surface area contributed by atoms with E-state index in [0.29, 0.717) is 6.54 Å². The minimum atomic E-state index is -0.00735. The fourth-order valence-corrected chi connectivity index (χ4v) is 2.84. The van der Waals surface area contributed by atoms with Crippen LogP contribution in [0, 0.1) is 6.92 Å². The van der Waals surface area contributed by atoms with E-state index >= 15 is 0 Å². The number of carbonyl (C=O) groups is 1. The second-order valence-corrected chi connectivity index (χ2v) is 6.31. The van der Waals surface area contributed by atoms with Crippen LogP contribution >= 0.6 is 11.3 Å². The topological polar surface area (TPSA) is 65.5 Å². The molecule has 1 amide bonds. The van der Waals surface area contributed by atoms with Crippen molar-refractivity contribution in [3.63, 3.8) is 0 Å². The van der Waals surface area contributed by atoms with Crippen LogP contribution in [0.2, 0.25) is 0 Å². The zero-order valence-corrected chi connectivity index (χ0v) is 15.0. The lowest BCUT2D eigenvalue weighted by atomic mass is 10.1. The number of aliphatic imine (C=N–C) groups is 1. The SMILES string of the molecule is CN=C(NCCCNC(=O)c1cccs1)NCc1ccccc1C. The van der Waals surface area contributed by atoms with E-state index in [1.54, 1.807) is 7.05 Å². The Morgan fingerprint density at radius 3 is 2.58 bits per heavy atom. The molecule has 0 aliphatic rings. The molecule has 3 N–H and O–H groups in total. The molecule has 5 nitrogen and oxygen atoms in total. The summed E-state index contributed by atoms with van der Waals surface area (Å²) in [5.74, 6) is 0.759. The molecule has 2 aromatic rings. The first-order valence-electron chi connectivity index (χ1n) is 8.01. The quantitative estimate of drug-likeness (QED) is 0.411. The van der Waals surface area contributed by atoms with Gasteiger partial charge in [0, 0.05) is 26.7 Å². The van der Waals surface area contributed by atoms with Gasteiger partial charge in [-0.2, -0.15) is 0 Å². The van der Waals surface area contributed by atoms with Crippen molar-refractivity contribution in [2.75, 3.05) is 20.1 Å². The molecule has 0 atom stereocenters. The average molecular weight is 344 g/mol. The van der Waals surface area contributed by atoms with E-state index in [1.165, 1.54) is 22.5 Å². The van der Waals surface area contributed by atoms with Crippen molar-refractivity contribution >= 4 is 23.2 Å². The molecule has 0 aliphatic heterocycles. The Bertz CT molecular complexity index is 667. The van der Waals surface area contributed by atoms with Gasteiger partial charge in [-0.3, -0.25) is 9.79 Å². The smallest absolute Gasteiger partial charge is 0.261 e. The van der Waals surface area contributed by atoms with E-state index in [4.69, 9.17) is 0 Å². The first-order valence-corrected chi connectivity index (χ1v) is 8.89. The van der Waals surface area contributed by atoms with Gasteiger partial charge in [0.2, 0.25) is 0 Å². The summed E-state index contributed by atoms with van der Waals surface area (Å²) < 4.78 is 0. The molecule has 0 saturated heterocycles. The molecule has 24 heavy (non-hydrogen) atoms. The highest BCUT2D eigenvalue weighted by Gasteiger charge is 2.05. The Morgan fingerprint density at radius 1 is 1.08 bits per heavy atom. The molecule has 128 valence electrons. The first-order chi connectivity index (χ1) is 11.7. The van der Waals surface area contributed by atoms with E-state index in [9.17, 15) is 4.79 Å². The maximum Gasteiger partial charge on any atom is 0.261 e. The minimum Gasteiger partial charge on any atom is -0.356 e. The number of nitrogens with one attached hydrogen (secondary N) is 3. The van der Waals surface area contributed by atoms with Crippen molar-refractivity contribution in [3.05, 3.63) is 57.8 Å². The van der Waals surface area contributed by atoms with E-state index < -0.39 is 0 Å². The molecular formula is C18H24N4OS. The summed E-state index contributed by atoms with van der Waals surface area (Å²) >= 11 is 1.45. The molecule has 0 unspecified atom stereocenters. The fraction of sp³-hybridized carbons (Fsp3) is 0.333. The fourth-order valence-electron chi connectivity index (χ4n) is 2.20. The van der Waals surface area contributed by atoms with Gasteiger partial charge in [0.1, 0.15) is 0 Å². The third-order valence-electron chi connectivity index (χ3n) is 3.61. The number of nitrogens with zero attached hydrogens (tertiary/aromatic N) is 1. The highest BCUT2D eigenvalue weighted by Crippen LogP contribution is 2.07. The lowest BCUT2D eigenvalue weighted by Gasteiger charge is -2.13. The van der Waals surface area contributed by atoms with Gasteiger partial charge >= 0.3 is 0 Å². The Hall–Kier alpha value is -2.34. The normalized spacial score (nSPS) is 11.2. The second kappa shape index (κ2) is 9.72. The number of thiophene rings is 1. The molecular weight excluding hydrogens is 320 g/mol. The number of hydrogen-bond donors (Lipinski definition) is 3. The highest BCUT2D eigenvalue weighted by atomic mass is 32.1. The summed E-state index contributed by atoms with van der Waals surface area (Å²) in [7, 11) is 1.76.